The summed E-state index contributed by atoms with van der Waals surface area (Å²) in [6, 6.07) is 7.93. The smallest absolute Gasteiger partial charge is 0.323 e. The number of carbonyl (C=O) groups is 2. The van der Waals surface area contributed by atoms with E-state index in [0.29, 0.717) is 40.1 Å². The maximum atomic E-state index is 12.6. The number of benzene rings is 2. The van der Waals surface area contributed by atoms with Crippen LogP contribution in [-0.4, -0.2) is 46.9 Å². The molecule has 0 atom stereocenters. The number of urea groups is 1. The molecule has 3 rings (SSSR count). The third-order valence-corrected chi connectivity index (χ3v) is 4.97. The fraction of sp³-hybridized carbons (Fsp3) is 0.364. The lowest BCUT2D eigenvalue weighted by atomic mass is 9.93. The quantitative estimate of drug-likeness (QED) is 0.751. The van der Waals surface area contributed by atoms with Crippen LogP contribution in [0.3, 0.4) is 0 Å². The van der Waals surface area contributed by atoms with Crippen LogP contribution >= 0.6 is 0 Å². The maximum absolute atomic E-state index is 12.6. The van der Waals surface area contributed by atoms with Gasteiger partial charge in [0.15, 0.2) is 11.5 Å². The predicted molar refractivity (Wildman–Crippen MR) is 118 cm³/mol. The number of carbonyl (C=O) groups excluding carboxylic acids is 2. The summed E-state index contributed by atoms with van der Waals surface area (Å²) in [6.45, 7) is 3.91. The topological polar surface area (TPSA) is 98.4 Å². The first-order valence-electron chi connectivity index (χ1n) is 9.63. The number of rotatable bonds is 5. The molecule has 0 fully saturated rings. The normalized spacial score (nSPS) is 14.6. The Morgan fingerprint density at radius 3 is 2.19 bits per heavy atom. The molecular formula is C22H27N3O6. The van der Waals surface area contributed by atoms with E-state index in [1.807, 2.05) is 13.8 Å². The number of ether oxygens (including phenoxy) is 4. The summed E-state index contributed by atoms with van der Waals surface area (Å²) in [5.41, 5.74) is 0.978. The predicted octanol–water partition coefficient (Wildman–Crippen LogP) is 3.74. The Balaban J connectivity index is 1.78. The first-order valence-corrected chi connectivity index (χ1v) is 9.63. The minimum absolute atomic E-state index is 0.0351. The number of hydrogen-bond acceptors (Lipinski definition) is 6. The van der Waals surface area contributed by atoms with Crippen molar-refractivity contribution in [2.75, 3.05) is 50.5 Å². The van der Waals surface area contributed by atoms with Gasteiger partial charge in [-0.15, -0.1) is 0 Å². The second-order valence-corrected chi connectivity index (χ2v) is 7.71. The van der Waals surface area contributed by atoms with Gasteiger partial charge in [0.1, 0.15) is 12.4 Å². The van der Waals surface area contributed by atoms with Gasteiger partial charge >= 0.3 is 6.03 Å². The fourth-order valence-electron chi connectivity index (χ4n) is 3.31. The molecule has 1 aliphatic heterocycles. The van der Waals surface area contributed by atoms with Crippen molar-refractivity contribution in [2.45, 2.75) is 13.8 Å². The van der Waals surface area contributed by atoms with E-state index in [9.17, 15) is 9.59 Å². The van der Waals surface area contributed by atoms with Gasteiger partial charge in [0, 0.05) is 30.9 Å². The van der Waals surface area contributed by atoms with E-state index in [-0.39, 0.29) is 12.5 Å². The number of amides is 3. The highest BCUT2D eigenvalue weighted by Gasteiger charge is 2.36. The molecule has 3 amide bonds. The molecule has 1 heterocycles. The zero-order chi connectivity index (χ0) is 22.8. The van der Waals surface area contributed by atoms with Gasteiger partial charge in [-0.25, -0.2) is 4.79 Å². The zero-order valence-corrected chi connectivity index (χ0v) is 18.5. The third kappa shape index (κ3) is 4.45. The summed E-state index contributed by atoms with van der Waals surface area (Å²) < 4.78 is 21.7. The van der Waals surface area contributed by atoms with E-state index < -0.39 is 11.4 Å². The molecule has 1 aliphatic rings. The molecule has 9 heteroatoms. The highest BCUT2D eigenvalue weighted by atomic mass is 16.5. The number of nitrogens with one attached hydrogen (secondary N) is 2. The van der Waals surface area contributed by atoms with E-state index >= 15 is 0 Å². The largest absolute Gasteiger partial charge is 0.493 e. The molecule has 0 saturated heterocycles. The summed E-state index contributed by atoms with van der Waals surface area (Å²) in [5.74, 6) is 1.76. The van der Waals surface area contributed by atoms with Crippen molar-refractivity contribution >= 4 is 29.0 Å². The van der Waals surface area contributed by atoms with Crippen molar-refractivity contribution in [3.05, 3.63) is 30.3 Å². The molecule has 2 N–H and O–H groups in total. The van der Waals surface area contributed by atoms with E-state index in [0.717, 1.165) is 0 Å². The van der Waals surface area contributed by atoms with Gasteiger partial charge in [-0.2, -0.15) is 0 Å². The van der Waals surface area contributed by atoms with Gasteiger partial charge in [-0.05, 0) is 26.0 Å². The third-order valence-electron chi connectivity index (χ3n) is 4.97. The molecule has 0 aromatic heterocycles. The molecule has 0 unspecified atom stereocenters. The summed E-state index contributed by atoms with van der Waals surface area (Å²) >= 11 is 0. The van der Waals surface area contributed by atoms with Crippen molar-refractivity contribution in [3.8, 4) is 23.0 Å². The van der Waals surface area contributed by atoms with Crippen molar-refractivity contribution in [1.82, 2.24) is 0 Å². The van der Waals surface area contributed by atoms with Crippen LogP contribution in [0.2, 0.25) is 0 Å². The highest BCUT2D eigenvalue weighted by molar-refractivity contribution is 6.02. The molecular weight excluding hydrogens is 402 g/mol. The standard InChI is InChI=1S/C22H27N3O6/c1-22(2)12-31-16-9-13(7-8-15(16)25(3)20(22)26)23-21(27)24-14-10-17(28-4)19(30-6)18(11-14)29-5/h7-11H,12H2,1-6H3,(H2,23,24,27). The lowest BCUT2D eigenvalue weighted by Crippen LogP contribution is -2.39. The SMILES string of the molecule is COc1cc(NC(=O)Nc2ccc3c(c2)OCC(C)(C)C(=O)N3C)cc(OC)c1OC. The molecule has 0 aliphatic carbocycles. The summed E-state index contributed by atoms with van der Waals surface area (Å²) in [5, 5.41) is 5.51. The van der Waals surface area contributed by atoms with Crippen LogP contribution in [0.4, 0.5) is 21.9 Å². The summed E-state index contributed by atoms with van der Waals surface area (Å²) in [4.78, 5) is 26.7. The van der Waals surface area contributed by atoms with Gasteiger partial charge in [0.25, 0.3) is 0 Å². The molecule has 0 saturated carbocycles. The molecule has 9 nitrogen and oxygen atoms in total. The van der Waals surface area contributed by atoms with Gasteiger partial charge in [0.05, 0.1) is 38.1 Å². The Labute approximate surface area is 181 Å². The summed E-state index contributed by atoms with van der Waals surface area (Å²) in [7, 11) is 6.22. The molecule has 166 valence electrons. The minimum atomic E-state index is -0.648. The van der Waals surface area contributed by atoms with Gasteiger partial charge in [-0.1, -0.05) is 0 Å². The van der Waals surface area contributed by atoms with E-state index in [2.05, 4.69) is 10.6 Å². The molecule has 0 bridgehead atoms. The van der Waals surface area contributed by atoms with Crippen LogP contribution in [-0.2, 0) is 4.79 Å². The molecule has 0 radical (unpaired) electrons. The van der Waals surface area contributed by atoms with E-state index in [1.165, 1.54) is 21.3 Å². The fourth-order valence-corrected chi connectivity index (χ4v) is 3.31. The molecule has 2 aromatic rings. The Hall–Kier alpha value is -3.62. The van der Waals surface area contributed by atoms with Crippen molar-refractivity contribution in [1.29, 1.82) is 0 Å². The van der Waals surface area contributed by atoms with Crippen LogP contribution in [0.25, 0.3) is 0 Å². The van der Waals surface area contributed by atoms with Crippen LogP contribution < -0.4 is 34.5 Å². The molecule has 2 aromatic carbocycles. The molecule has 0 spiro atoms. The number of anilines is 3. The highest BCUT2D eigenvalue weighted by Crippen LogP contribution is 2.40. The van der Waals surface area contributed by atoms with Crippen LogP contribution in [0.15, 0.2) is 30.3 Å². The number of fused-ring (bicyclic) bond motifs is 1. The van der Waals surface area contributed by atoms with Gasteiger partial charge < -0.3 is 34.5 Å². The average Bonchev–Trinajstić information content (AvgIpc) is 2.83. The maximum Gasteiger partial charge on any atom is 0.323 e. The monoisotopic (exact) mass is 429 g/mol. The second kappa shape index (κ2) is 8.63. The van der Waals surface area contributed by atoms with Crippen LogP contribution in [0, 0.1) is 5.41 Å². The average molecular weight is 429 g/mol. The Kier molecular flexibility index (Phi) is 6.14. The number of nitrogens with zero attached hydrogens (tertiary/aromatic N) is 1. The van der Waals surface area contributed by atoms with Gasteiger partial charge in [-0.3, -0.25) is 4.79 Å². The van der Waals surface area contributed by atoms with Crippen LogP contribution in [0.5, 0.6) is 23.0 Å². The first kappa shape index (κ1) is 22.1. The Morgan fingerprint density at radius 2 is 1.61 bits per heavy atom. The van der Waals surface area contributed by atoms with Crippen molar-refractivity contribution in [3.63, 3.8) is 0 Å². The van der Waals surface area contributed by atoms with Gasteiger partial charge in [0.2, 0.25) is 11.7 Å². The second-order valence-electron chi connectivity index (χ2n) is 7.71. The first-order chi connectivity index (χ1) is 14.7. The lowest BCUT2D eigenvalue weighted by molar-refractivity contribution is -0.127. The van der Waals surface area contributed by atoms with E-state index in [1.54, 1.807) is 42.3 Å². The zero-order valence-electron chi connectivity index (χ0n) is 18.5. The number of hydrogen-bond donors (Lipinski definition) is 2. The Bertz CT molecular complexity index is 980. The van der Waals surface area contributed by atoms with E-state index in [4.69, 9.17) is 18.9 Å². The van der Waals surface area contributed by atoms with Crippen LogP contribution in [0.1, 0.15) is 13.8 Å². The lowest BCUT2D eigenvalue weighted by Gasteiger charge is -2.24. The molecule has 31 heavy (non-hydrogen) atoms. The minimum Gasteiger partial charge on any atom is -0.493 e. The van der Waals surface area contributed by atoms with Crippen molar-refractivity contribution in [2.24, 2.45) is 5.41 Å². The van der Waals surface area contributed by atoms with Crippen molar-refractivity contribution < 1.29 is 28.5 Å². The summed E-state index contributed by atoms with van der Waals surface area (Å²) in [6.07, 6.45) is 0. The Morgan fingerprint density at radius 1 is 1.00 bits per heavy atom. The number of methoxy groups -OCH3 is 3.